The lowest BCUT2D eigenvalue weighted by atomic mass is 10.0. The second kappa shape index (κ2) is 12.5. The lowest BCUT2D eigenvalue weighted by molar-refractivity contribution is -0.117. The Hall–Kier alpha value is -3.37. The molecular weight excluding hydrogens is 492 g/mol. The van der Waals surface area contributed by atoms with Gasteiger partial charge >= 0.3 is 0 Å². The fourth-order valence-corrected chi connectivity index (χ4v) is 5.85. The van der Waals surface area contributed by atoms with Gasteiger partial charge in [-0.15, -0.1) is 10.2 Å². The van der Waals surface area contributed by atoms with Gasteiger partial charge in [-0.1, -0.05) is 72.0 Å². The smallest absolute Gasteiger partial charge is 0.252 e. The zero-order chi connectivity index (χ0) is 25.3. The van der Waals surface area contributed by atoms with Gasteiger partial charge in [0.15, 0.2) is 5.17 Å². The first kappa shape index (κ1) is 25.7. The van der Waals surface area contributed by atoms with E-state index in [0.717, 1.165) is 53.6 Å². The number of aliphatic imine (C=N–C) groups is 1. The van der Waals surface area contributed by atoms with Gasteiger partial charge in [0, 0.05) is 12.3 Å². The monoisotopic (exact) mass is 520 g/mol. The van der Waals surface area contributed by atoms with Crippen molar-refractivity contribution in [2.45, 2.75) is 38.5 Å². The first-order valence-corrected chi connectivity index (χ1v) is 13.4. The summed E-state index contributed by atoms with van der Waals surface area (Å²) in [5.74, 6) is 0.0497. The number of aromatic nitrogens is 2. The first-order chi connectivity index (χ1) is 17.4. The number of amidine groups is 1. The predicted octanol–water partition coefficient (Wildman–Crippen LogP) is 4.47. The molecule has 0 unspecified atom stereocenters. The highest BCUT2D eigenvalue weighted by Crippen LogP contribution is 2.36. The molecule has 1 aromatic heterocycles. The zero-order valence-corrected chi connectivity index (χ0v) is 21.4. The minimum absolute atomic E-state index is 0.0935. The average molecular weight is 521 g/mol. The molecule has 2 aromatic carbocycles. The number of rotatable bonds is 8. The Balaban J connectivity index is 1.21. The summed E-state index contributed by atoms with van der Waals surface area (Å²) in [5.41, 5.74) is 7.78. The quantitative estimate of drug-likeness (QED) is 0.296. The van der Waals surface area contributed by atoms with Gasteiger partial charge in [0.2, 0.25) is 11.0 Å². The van der Waals surface area contributed by atoms with Crippen molar-refractivity contribution in [1.29, 1.82) is 5.41 Å². The number of carbonyl (C=O) groups excluding carboxylic acids is 2. The number of carbonyl (C=O) groups is 2. The van der Waals surface area contributed by atoms with Crippen LogP contribution in [0.2, 0.25) is 0 Å². The van der Waals surface area contributed by atoms with Crippen molar-refractivity contribution in [3.8, 4) is 0 Å². The zero-order valence-electron chi connectivity index (χ0n) is 19.7. The van der Waals surface area contributed by atoms with Crippen LogP contribution in [0.25, 0.3) is 0 Å². The molecule has 3 aromatic rings. The maximum absolute atomic E-state index is 12.3. The van der Waals surface area contributed by atoms with Crippen LogP contribution >= 0.6 is 23.1 Å². The van der Waals surface area contributed by atoms with Crippen molar-refractivity contribution in [3.05, 3.63) is 76.8 Å². The van der Waals surface area contributed by atoms with Gasteiger partial charge in [-0.05, 0) is 48.1 Å². The van der Waals surface area contributed by atoms with E-state index in [-0.39, 0.29) is 29.3 Å². The van der Waals surface area contributed by atoms with Crippen LogP contribution in [0.15, 0.2) is 65.7 Å². The van der Waals surface area contributed by atoms with Gasteiger partial charge in [0.1, 0.15) is 5.01 Å². The van der Waals surface area contributed by atoms with Crippen molar-refractivity contribution in [2.75, 3.05) is 5.32 Å². The number of benzene rings is 2. The molecule has 2 amide bonds. The second-order valence-electron chi connectivity index (χ2n) is 8.76. The van der Waals surface area contributed by atoms with Crippen molar-refractivity contribution in [2.24, 2.45) is 22.6 Å². The van der Waals surface area contributed by atoms with Crippen LogP contribution in [0.1, 0.15) is 35.4 Å². The maximum atomic E-state index is 12.3. The molecule has 1 aliphatic rings. The molecule has 1 aliphatic carbocycles. The Morgan fingerprint density at radius 2 is 1.69 bits per heavy atom. The summed E-state index contributed by atoms with van der Waals surface area (Å²) in [6.45, 7) is 0. The molecule has 4 rings (SSSR count). The molecule has 0 aliphatic heterocycles. The first-order valence-electron chi connectivity index (χ1n) is 11.8. The molecular formula is C26H28N6O2S2. The van der Waals surface area contributed by atoms with Gasteiger partial charge in [-0.3, -0.25) is 15.0 Å². The van der Waals surface area contributed by atoms with Gasteiger partial charge < -0.3 is 11.1 Å². The van der Waals surface area contributed by atoms with E-state index in [0.29, 0.717) is 22.5 Å². The number of nitrogens with one attached hydrogen (secondary N) is 2. The fraction of sp³-hybridized carbons (Fsp3) is 0.308. The van der Waals surface area contributed by atoms with E-state index in [1.54, 1.807) is 0 Å². The van der Waals surface area contributed by atoms with E-state index in [1.165, 1.54) is 11.3 Å². The maximum Gasteiger partial charge on any atom is 0.252 e. The van der Waals surface area contributed by atoms with Gasteiger partial charge in [-0.25, -0.2) is 0 Å². The van der Waals surface area contributed by atoms with Crippen LogP contribution in [-0.2, 0) is 28.9 Å². The minimum atomic E-state index is -0.314. The Bertz CT molecular complexity index is 1230. The van der Waals surface area contributed by atoms with Crippen LogP contribution in [-0.4, -0.2) is 32.2 Å². The highest BCUT2D eigenvalue weighted by molar-refractivity contribution is 8.26. The predicted molar refractivity (Wildman–Crippen MR) is 145 cm³/mol. The van der Waals surface area contributed by atoms with Crippen LogP contribution in [0.5, 0.6) is 0 Å². The van der Waals surface area contributed by atoms with Crippen LogP contribution < -0.4 is 11.1 Å². The summed E-state index contributed by atoms with van der Waals surface area (Å²) in [6, 6.07) is 19.0. The van der Waals surface area contributed by atoms with E-state index in [2.05, 4.69) is 20.5 Å². The molecule has 1 fully saturated rings. The number of nitrogens with two attached hydrogens (primary N) is 1. The van der Waals surface area contributed by atoms with Crippen molar-refractivity contribution >= 4 is 50.3 Å². The van der Waals surface area contributed by atoms with Gasteiger partial charge in [0.05, 0.1) is 17.9 Å². The number of anilines is 1. The van der Waals surface area contributed by atoms with Crippen molar-refractivity contribution in [3.63, 3.8) is 0 Å². The number of amides is 2. The topological polar surface area (TPSA) is 134 Å². The minimum Gasteiger partial charge on any atom is -0.378 e. The summed E-state index contributed by atoms with van der Waals surface area (Å²) < 4.78 is 0. The van der Waals surface area contributed by atoms with E-state index >= 15 is 0 Å². The Morgan fingerprint density at radius 1 is 1.03 bits per heavy atom. The molecule has 10 heteroatoms. The van der Waals surface area contributed by atoms with E-state index in [9.17, 15) is 9.59 Å². The lowest BCUT2D eigenvalue weighted by Crippen LogP contribution is -2.17. The van der Waals surface area contributed by atoms with Crippen molar-refractivity contribution in [1.82, 2.24) is 10.2 Å². The Morgan fingerprint density at radius 3 is 2.39 bits per heavy atom. The molecule has 0 bridgehead atoms. The summed E-state index contributed by atoms with van der Waals surface area (Å²) in [7, 11) is 0. The average Bonchev–Trinajstić information content (AvgIpc) is 3.50. The third-order valence-corrected chi connectivity index (χ3v) is 7.66. The third-order valence-electron chi connectivity index (χ3n) is 5.94. The highest BCUT2D eigenvalue weighted by atomic mass is 32.2. The number of hydrogen-bond acceptors (Lipinski definition) is 7. The molecule has 0 radical (unpaired) electrons. The number of thioether (sulfide) groups is 1. The second-order valence-corrected chi connectivity index (χ2v) is 10.9. The highest BCUT2D eigenvalue weighted by Gasteiger charge is 2.29. The molecule has 2 atom stereocenters. The molecule has 36 heavy (non-hydrogen) atoms. The summed E-state index contributed by atoms with van der Waals surface area (Å²) in [6.07, 6.45) is 3.97. The molecule has 4 N–H and O–H groups in total. The van der Waals surface area contributed by atoms with E-state index < -0.39 is 0 Å². The number of hydrogen-bond donors (Lipinski definition) is 3. The SMILES string of the molecule is N=C(SC(N)=NC(=O)Cc1ccccc1)[C@H]1CC[C@@H](Cc2nnc(NC(=O)Cc3ccccc3)s2)C1. The van der Waals surface area contributed by atoms with Crippen LogP contribution in [0.3, 0.4) is 0 Å². The normalized spacial score (nSPS) is 17.6. The summed E-state index contributed by atoms with van der Waals surface area (Å²) in [5, 5.41) is 21.6. The van der Waals surface area contributed by atoms with E-state index in [1.807, 2.05) is 60.7 Å². The molecule has 0 spiro atoms. The van der Waals surface area contributed by atoms with Crippen LogP contribution in [0, 0.1) is 17.2 Å². The van der Waals surface area contributed by atoms with Gasteiger partial charge in [-0.2, -0.15) is 4.99 Å². The molecule has 8 nitrogen and oxygen atoms in total. The third kappa shape index (κ3) is 7.82. The molecule has 0 saturated heterocycles. The van der Waals surface area contributed by atoms with Crippen LogP contribution in [0.4, 0.5) is 5.13 Å². The lowest BCUT2D eigenvalue weighted by Gasteiger charge is -2.11. The molecule has 1 saturated carbocycles. The Kier molecular flexibility index (Phi) is 8.96. The van der Waals surface area contributed by atoms with E-state index in [4.69, 9.17) is 11.1 Å². The fourth-order valence-electron chi connectivity index (χ4n) is 4.23. The molecule has 1 heterocycles. The largest absolute Gasteiger partial charge is 0.378 e. The summed E-state index contributed by atoms with van der Waals surface area (Å²) in [4.78, 5) is 28.4. The van der Waals surface area contributed by atoms with Gasteiger partial charge in [0.25, 0.3) is 5.91 Å². The number of nitrogens with zero attached hydrogens (tertiary/aromatic N) is 3. The van der Waals surface area contributed by atoms with Crippen molar-refractivity contribution < 1.29 is 9.59 Å². The summed E-state index contributed by atoms with van der Waals surface area (Å²) >= 11 is 2.47. The Labute approximate surface area is 218 Å². The molecule has 186 valence electrons. The standard InChI is InChI=1S/C26H28N6O2S2/c27-24(36-25(28)29-21(33)14-17-7-3-1-4-8-17)20-12-11-19(13-20)16-23-31-32-26(35-23)30-22(34)15-18-9-5-2-6-10-18/h1-10,19-20,27H,11-16H2,(H2,28,29,33)(H,30,32,34)/t19-,20+/m1/s1.